The van der Waals surface area contributed by atoms with Crippen LogP contribution in [-0.4, -0.2) is 35.8 Å². The highest BCUT2D eigenvalue weighted by Gasteiger charge is 2.41. The Labute approximate surface area is 107 Å². The summed E-state index contributed by atoms with van der Waals surface area (Å²) in [5.41, 5.74) is 0.669. The van der Waals surface area contributed by atoms with Crippen molar-refractivity contribution in [3.63, 3.8) is 0 Å². The molecule has 1 aliphatic rings. The average molecular weight is 246 g/mol. The maximum absolute atomic E-state index is 12.3. The number of imide groups is 1. The maximum atomic E-state index is 12.3. The van der Waals surface area contributed by atoms with Gasteiger partial charge in [-0.1, -0.05) is 32.0 Å². The highest BCUT2D eigenvalue weighted by atomic mass is 16.2. The molecular weight excluding hydrogens is 228 g/mol. The Balaban J connectivity index is 2.25. The fourth-order valence-corrected chi connectivity index (χ4v) is 2.41. The third-order valence-electron chi connectivity index (χ3n) is 3.39. The molecule has 1 atom stereocenters. The smallest absolute Gasteiger partial charge is 0.251 e. The van der Waals surface area contributed by atoms with Gasteiger partial charge in [0.1, 0.15) is 0 Å². The van der Waals surface area contributed by atoms with Crippen LogP contribution >= 0.6 is 0 Å². The van der Waals surface area contributed by atoms with E-state index in [1.165, 1.54) is 4.90 Å². The van der Waals surface area contributed by atoms with E-state index in [9.17, 15) is 9.59 Å². The molecule has 0 bridgehead atoms. The van der Waals surface area contributed by atoms with E-state index in [1.54, 1.807) is 12.1 Å². The predicted molar refractivity (Wildman–Crippen MR) is 70.3 cm³/mol. The molecule has 0 saturated carbocycles. The first-order valence-corrected chi connectivity index (χ1v) is 6.35. The highest BCUT2D eigenvalue weighted by Crippen LogP contribution is 2.25. The van der Waals surface area contributed by atoms with Crippen molar-refractivity contribution in [2.75, 3.05) is 18.0 Å². The third kappa shape index (κ3) is 2.16. The molecule has 1 heterocycles. The molecule has 2 rings (SSSR count). The molecule has 0 N–H and O–H groups in total. The molecule has 4 heteroatoms. The number of likely N-dealkylation sites (N-methyl/N-ethyl adjacent to an activating group) is 1. The lowest BCUT2D eigenvalue weighted by Crippen LogP contribution is -2.41. The molecule has 1 fully saturated rings. The first-order chi connectivity index (χ1) is 8.69. The first-order valence-electron chi connectivity index (χ1n) is 6.35. The minimum atomic E-state index is -0.298. The number of amides is 2. The summed E-state index contributed by atoms with van der Waals surface area (Å²) in [4.78, 5) is 27.7. The zero-order valence-electron chi connectivity index (χ0n) is 10.8. The molecule has 4 nitrogen and oxygen atoms in total. The molecule has 0 spiro atoms. The van der Waals surface area contributed by atoms with Gasteiger partial charge in [0, 0.05) is 0 Å². The van der Waals surface area contributed by atoms with Gasteiger partial charge in [-0.15, -0.1) is 0 Å². The zero-order valence-corrected chi connectivity index (χ0v) is 10.8. The number of carbonyl (C=O) groups excluding carboxylic acids is 2. The molecule has 1 saturated heterocycles. The Morgan fingerprint density at radius 1 is 1.17 bits per heavy atom. The molecule has 0 aromatic heterocycles. The Kier molecular flexibility index (Phi) is 3.77. The normalized spacial score (nSPS) is 19.9. The van der Waals surface area contributed by atoms with Crippen molar-refractivity contribution in [2.45, 2.75) is 26.3 Å². The van der Waals surface area contributed by atoms with Crippen LogP contribution in [0.25, 0.3) is 0 Å². The molecule has 0 radical (unpaired) electrons. The largest absolute Gasteiger partial charge is 0.292 e. The van der Waals surface area contributed by atoms with Crippen molar-refractivity contribution < 1.29 is 9.59 Å². The summed E-state index contributed by atoms with van der Waals surface area (Å²) in [7, 11) is 0. The van der Waals surface area contributed by atoms with Crippen molar-refractivity contribution in [3.8, 4) is 0 Å². The second-order valence-corrected chi connectivity index (χ2v) is 4.34. The lowest BCUT2D eigenvalue weighted by molar-refractivity contribution is -0.122. The van der Waals surface area contributed by atoms with Gasteiger partial charge in [0.05, 0.1) is 18.2 Å². The number of rotatable bonds is 4. The monoisotopic (exact) mass is 246 g/mol. The number of benzene rings is 1. The van der Waals surface area contributed by atoms with Gasteiger partial charge in [-0.2, -0.15) is 0 Å². The molecule has 0 aliphatic carbocycles. The summed E-state index contributed by atoms with van der Waals surface area (Å²) in [6.07, 6.45) is 0.287. The van der Waals surface area contributed by atoms with Crippen LogP contribution in [0.3, 0.4) is 0 Å². The van der Waals surface area contributed by atoms with Crippen LogP contribution in [0.2, 0.25) is 0 Å². The molecule has 18 heavy (non-hydrogen) atoms. The van der Waals surface area contributed by atoms with Gasteiger partial charge >= 0.3 is 0 Å². The second-order valence-electron chi connectivity index (χ2n) is 4.34. The van der Waals surface area contributed by atoms with Gasteiger partial charge in [-0.05, 0) is 25.2 Å². The van der Waals surface area contributed by atoms with E-state index < -0.39 is 0 Å². The minimum Gasteiger partial charge on any atom is -0.292 e. The Hall–Kier alpha value is -1.68. The van der Waals surface area contributed by atoms with Gasteiger partial charge < -0.3 is 0 Å². The highest BCUT2D eigenvalue weighted by molar-refractivity contribution is 6.22. The van der Waals surface area contributed by atoms with Crippen molar-refractivity contribution in [2.24, 2.45) is 0 Å². The van der Waals surface area contributed by atoms with Crippen molar-refractivity contribution >= 4 is 17.5 Å². The lowest BCUT2D eigenvalue weighted by atomic mass is 10.2. The van der Waals surface area contributed by atoms with Gasteiger partial charge in [-0.3, -0.25) is 14.5 Å². The number of hydrogen-bond donors (Lipinski definition) is 0. The number of nitrogens with zero attached hydrogens (tertiary/aromatic N) is 2. The van der Waals surface area contributed by atoms with Crippen LogP contribution in [0.15, 0.2) is 30.3 Å². The van der Waals surface area contributed by atoms with Gasteiger partial charge in [0.2, 0.25) is 5.91 Å². The van der Waals surface area contributed by atoms with Crippen molar-refractivity contribution in [1.29, 1.82) is 0 Å². The van der Waals surface area contributed by atoms with E-state index in [-0.39, 0.29) is 24.3 Å². The summed E-state index contributed by atoms with van der Waals surface area (Å²) < 4.78 is 0. The molecule has 1 aliphatic heterocycles. The van der Waals surface area contributed by atoms with E-state index in [0.29, 0.717) is 5.69 Å². The molecule has 2 amide bonds. The fourth-order valence-electron chi connectivity index (χ4n) is 2.41. The first kappa shape index (κ1) is 12.8. The molecule has 0 unspecified atom stereocenters. The van der Waals surface area contributed by atoms with E-state index in [0.717, 1.165) is 13.1 Å². The topological polar surface area (TPSA) is 40.6 Å². The van der Waals surface area contributed by atoms with Crippen molar-refractivity contribution in [1.82, 2.24) is 4.90 Å². The Bertz CT molecular complexity index is 440. The summed E-state index contributed by atoms with van der Waals surface area (Å²) >= 11 is 0. The van der Waals surface area contributed by atoms with Gasteiger partial charge in [0.15, 0.2) is 0 Å². The van der Waals surface area contributed by atoms with Crippen LogP contribution in [0.1, 0.15) is 20.3 Å². The summed E-state index contributed by atoms with van der Waals surface area (Å²) in [5.74, 6) is -0.210. The number of hydrogen-bond acceptors (Lipinski definition) is 3. The van der Waals surface area contributed by atoms with Gasteiger partial charge in [0.25, 0.3) is 5.91 Å². The van der Waals surface area contributed by atoms with E-state index in [1.807, 2.05) is 36.9 Å². The number of para-hydroxylation sites is 1. The number of anilines is 1. The molecule has 1 aromatic rings. The van der Waals surface area contributed by atoms with Crippen LogP contribution in [0.5, 0.6) is 0 Å². The molecule has 96 valence electrons. The van der Waals surface area contributed by atoms with E-state index >= 15 is 0 Å². The minimum absolute atomic E-state index is 0.102. The van der Waals surface area contributed by atoms with Crippen LogP contribution in [0.4, 0.5) is 5.69 Å². The fraction of sp³-hybridized carbons (Fsp3) is 0.429. The van der Waals surface area contributed by atoms with Crippen LogP contribution in [0, 0.1) is 0 Å². The maximum Gasteiger partial charge on any atom is 0.251 e. The van der Waals surface area contributed by atoms with E-state index in [4.69, 9.17) is 0 Å². The van der Waals surface area contributed by atoms with Crippen LogP contribution in [-0.2, 0) is 9.59 Å². The Morgan fingerprint density at radius 3 is 2.33 bits per heavy atom. The average Bonchev–Trinajstić information content (AvgIpc) is 2.68. The Morgan fingerprint density at radius 2 is 1.78 bits per heavy atom. The lowest BCUT2D eigenvalue weighted by Gasteiger charge is -2.24. The predicted octanol–water partition coefficient (Wildman–Crippen LogP) is 1.66. The quantitative estimate of drug-likeness (QED) is 0.759. The van der Waals surface area contributed by atoms with Gasteiger partial charge in [-0.25, -0.2) is 4.90 Å². The van der Waals surface area contributed by atoms with Crippen molar-refractivity contribution in [3.05, 3.63) is 30.3 Å². The SMILES string of the molecule is CCN(CC)[C@@H]1CC(=O)N(c2ccccc2)C1=O. The standard InChI is InChI=1S/C14H18N2O2/c1-3-15(4-2)12-10-13(17)16(14(12)18)11-8-6-5-7-9-11/h5-9,12H,3-4,10H2,1-2H3/t12-/m1/s1. The zero-order chi connectivity index (χ0) is 13.1. The molecule has 1 aromatic carbocycles. The summed E-state index contributed by atoms with van der Waals surface area (Å²) in [6.45, 7) is 5.57. The number of carbonyl (C=O) groups is 2. The summed E-state index contributed by atoms with van der Waals surface area (Å²) in [6, 6.07) is 8.83. The molecular formula is C14H18N2O2. The third-order valence-corrected chi connectivity index (χ3v) is 3.39. The second kappa shape index (κ2) is 5.31. The van der Waals surface area contributed by atoms with E-state index in [2.05, 4.69) is 0 Å². The summed E-state index contributed by atoms with van der Waals surface area (Å²) in [5, 5.41) is 0. The van der Waals surface area contributed by atoms with Crippen LogP contribution < -0.4 is 4.90 Å².